The van der Waals surface area contributed by atoms with Crippen molar-refractivity contribution in [3.05, 3.63) is 42.0 Å². The Kier molecular flexibility index (Phi) is 4.56. The zero-order valence-corrected chi connectivity index (χ0v) is 13.5. The van der Waals surface area contributed by atoms with Crippen molar-refractivity contribution in [2.75, 3.05) is 6.61 Å². The van der Waals surface area contributed by atoms with Gasteiger partial charge in [0.2, 0.25) is 10.0 Å². The van der Waals surface area contributed by atoms with E-state index in [2.05, 4.69) is 25.5 Å². The summed E-state index contributed by atoms with van der Waals surface area (Å²) in [6.07, 6.45) is 4.27. The Labute approximate surface area is 126 Å². The quantitative estimate of drug-likeness (QED) is 0.838. The van der Waals surface area contributed by atoms with E-state index in [1.165, 1.54) is 0 Å². The van der Waals surface area contributed by atoms with E-state index < -0.39 is 10.0 Å². The van der Waals surface area contributed by atoms with Gasteiger partial charge in [0.25, 0.3) is 0 Å². The summed E-state index contributed by atoms with van der Waals surface area (Å²) >= 11 is 0. The average Bonchev–Trinajstić information content (AvgIpc) is 2.85. The van der Waals surface area contributed by atoms with Gasteiger partial charge in [-0.2, -0.15) is 0 Å². The molecule has 2 atom stereocenters. The smallest absolute Gasteiger partial charge is 0.241 e. The molecule has 0 bridgehead atoms. The lowest BCUT2D eigenvalue weighted by Crippen LogP contribution is -2.33. The van der Waals surface area contributed by atoms with Crippen LogP contribution in [0.5, 0.6) is 0 Å². The number of hydrogen-bond donors (Lipinski definition) is 2. The highest BCUT2D eigenvalue weighted by Crippen LogP contribution is 2.24. The van der Waals surface area contributed by atoms with Crippen molar-refractivity contribution in [3.63, 3.8) is 0 Å². The molecule has 5 heteroatoms. The summed E-state index contributed by atoms with van der Waals surface area (Å²) in [6.45, 7) is 6.32. The van der Waals surface area contributed by atoms with Crippen molar-refractivity contribution < 1.29 is 13.5 Å². The third kappa shape index (κ3) is 3.93. The molecular formula is C16H23NO3S. The van der Waals surface area contributed by atoms with E-state index in [1.807, 2.05) is 24.3 Å². The van der Waals surface area contributed by atoms with Crippen LogP contribution in [0, 0.1) is 5.92 Å². The molecule has 0 saturated carbocycles. The van der Waals surface area contributed by atoms with Crippen molar-refractivity contribution in [2.45, 2.75) is 43.5 Å². The first-order valence-corrected chi connectivity index (χ1v) is 8.63. The highest BCUT2D eigenvalue weighted by atomic mass is 32.2. The molecule has 0 fully saturated rings. The minimum Gasteiger partial charge on any atom is -0.396 e. The summed E-state index contributed by atoms with van der Waals surface area (Å²) in [5.74, 6) is 0.0426. The maximum absolute atomic E-state index is 12.3. The number of hydrogen-bond acceptors (Lipinski definition) is 3. The third-order valence-electron chi connectivity index (χ3n) is 3.74. The van der Waals surface area contributed by atoms with E-state index in [4.69, 9.17) is 5.11 Å². The van der Waals surface area contributed by atoms with Gasteiger partial charge < -0.3 is 5.11 Å². The van der Waals surface area contributed by atoms with E-state index in [1.54, 1.807) is 12.1 Å². The van der Waals surface area contributed by atoms with Crippen LogP contribution in [-0.4, -0.2) is 26.2 Å². The first kappa shape index (κ1) is 16.2. The van der Waals surface area contributed by atoms with Gasteiger partial charge in [-0.3, -0.25) is 0 Å². The third-order valence-corrected chi connectivity index (χ3v) is 5.25. The largest absolute Gasteiger partial charge is 0.396 e. The highest BCUT2D eigenvalue weighted by Gasteiger charge is 2.24. The standard InChI is InChI=1S/C16H23NO3S/c1-16(2,3)13-5-8-15(9-6-13)21(19,20)17-14-7-4-12(10-14)11-18/h4-9,12,14,17-18H,10-11H2,1-3H3/t12-,14+/m0/s1. The van der Waals surface area contributed by atoms with Crippen LogP contribution >= 0.6 is 0 Å². The molecule has 1 aromatic carbocycles. The predicted octanol–water partition coefficient (Wildman–Crippen LogP) is 2.20. The normalized spacial score (nSPS) is 22.7. The molecule has 4 nitrogen and oxygen atoms in total. The molecule has 0 radical (unpaired) electrons. The maximum atomic E-state index is 12.3. The number of aliphatic hydroxyl groups is 1. The molecule has 1 aliphatic rings. The minimum absolute atomic E-state index is 0.00173. The lowest BCUT2D eigenvalue weighted by atomic mass is 9.87. The van der Waals surface area contributed by atoms with Crippen molar-refractivity contribution in [1.29, 1.82) is 0 Å². The van der Waals surface area contributed by atoms with Gasteiger partial charge in [0.1, 0.15) is 0 Å². The van der Waals surface area contributed by atoms with E-state index >= 15 is 0 Å². The minimum atomic E-state index is -3.52. The SMILES string of the molecule is CC(C)(C)c1ccc(S(=O)(=O)N[C@@H]2C=C[C@H](CO)C2)cc1. The number of sulfonamides is 1. The summed E-state index contributed by atoms with van der Waals surface area (Å²) in [4.78, 5) is 0.274. The number of nitrogens with one attached hydrogen (secondary N) is 1. The second kappa shape index (κ2) is 5.91. The van der Waals surface area contributed by atoms with Crippen molar-refractivity contribution in [2.24, 2.45) is 5.92 Å². The summed E-state index contributed by atoms with van der Waals surface area (Å²) in [5.41, 5.74) is 1.10. The monoisotopic (exact) mass is 309 g/mol. The molecule has 2 N–H and O–H groups in total. The van der Waals surface area contributed by atoms with Crippen LogP contribution in [0.1, 0.15) is 32.8 Å². The van der Waals surface area contributed by atoms with Gasteiger partial charge in [-0.15, -0.1) is 0 Å². The van der Waals surface area contributed by atoms with E-state index in [9.17, 15) is 8.42 Å². The Morgan fingerprint density at radius 2 is 1.81 bits per heavy atom. The van der Waals surface area contributed by atoms with Crippen LogP contribution < -0.4 is 4.72 Å². The van der Waals surface area contributed by atoms with Gasteiger partial charge in [0.15, 0.2) is 0 Å². The summed E-state index contributed by atoms with van der Waals surface area (Å²) < 4.78 is 27.3. The first-order valence-electron chi connectivity index (χ1n) is 7.14. The second-order valence-corrected chi connectivity index (χ2v) is 8.28. The zero-order valence-electron chi connectivity index (χ0n) is 12.7. The van der Waals surface area contributed by atoms with E-state index in [-0.39, 0.29) is 28.9 Å². The van der Waals surface area contributed by atoms with E-state index in [0.717, 1.165) is 5.56 Å². The van der Waals surface area contributed by atoms with Crippen LogP contribution in [0.3, 0.4) is 0 Å². The fourth-order valence-electron chi connectivity index (χ4n) is 2.40. The van der Waals surface area contributed by atoms with Crippen LogP contribution in [0.4, 0.5) is 0 Å². The number of aliphatic hydroxyl groups excluding tert-OH is 1. The molecular weight excluding hydrogens is 286 g/mol. The molecule has 21 heavy (non-hydrogen) atoms. The molecule has 0 heterocycles. The lowest BCUT2D eigenvalue weighted by molar-refractivity contribution is 0.248. The second-order valence-electron chi connectivity index (χ2n) is 6.57. The van der Waals surface area contributed by atoms with Gasteiger partial charge in [-0.05, 0) is 29.5 Å². The highest BCUT2D eigenvalue weighted by molar-refractivity contribution is 7.89. The summed E-state index contributed by atoms with van der Waals surface area (Å²) in [6, 6.07) is 6.76. The van der Waals surface area contributed by atoms with Gasteiger partial charge >= 0.3 is 0 Å². The lowest BCUT2D eigenvalue weighted by Gasteiger charge is -2.19. The van der Waals surface area contributed by atoms with Crippen molar-refractivity contribution in [1.82, 2.24) is 4.72 Å². The predicted molar refractivity (Wildman–Crippen MR) is 83.6 cm³/mol. The van der Waals surface area contributed by atoms with Gasteiger partial charge in [0, 0.05) is 18.6 Å². The molecule has 0 unspecified atom stereocenters. The van der Waals surface area contributed by atoms with Crippen LogP contribution in [0.25, 0.3) is 0 Å². The van der Waals surface area contributed by atoms with Crippen molar-refractivity contribution >= 4 is 10.0 Å². The van der Waals surface area contributed by atoms with Crippen LogP contribution in [-0.2, 0) is 15.4 Å². The van der Waals surface area contributed by atoms with Gasteiger partial charge in [-0.1, -0.05) is 45.1 Å². The fourth-order valence-corrected chi connectivity index (χ4v) is 3.60. The molecule has 0 saturated heterocycles. The van der Waals surface area contributed by atoms with E-state index in [0.29, 0.717) is 6.42 Å². The van der Waals surface area contributed by atoms with Gasteiger partial charge in [-0.25, -0.2) is 13.1 Å². The van der Waals surface area contributed by atoms with Crippen molar-refractivity contribution in [3.8, 4) is 0 Å². The summed E-state index contributed by atoms with van der Waals surface area (Å²) in [7, 11) is -3.52. The molecule has 0 aromatic heterocycles. The molecule has 116 valence electrons. The molecule has 0 spiro atoms. The molecule has 2 rings (SSSR count). The number of rotatable bonds is 4. The van der Waals surface area contributed by atoms with Gasteiger partial charge in [0.05, 0.1) is 4.90 Å². The molecule has 0 aliphatic heterocycles. The average molecular weight is 309 g/mol. The summed E-state index contributed by atoms with van der Waals surface area (Å²) in [5, 5.41) is 9.08. The number of benzene rings is 1. The molecule has 1 aromatic rings. The molecule has 0 amide bonds. The van der Waals surface area contributed by atoms with Crippen LogP contribution in [0.2, 0.25) is 0 Å². The Bertz CT molecular complexity index is 612. The Morgan fingerprint density at radius 1 is 1.19 bits per heavy atom. The maximum Gasteiger partial charge on any atom is 0.241 e. The zero-order chi connectivity index (χ0) is 15.7. The van der Waals surface area contributed by atoms with Crippen LogP contribution in [0.15, 0.2) is 41.3 Å². The Morgan fingerprint density at radius 3 is 2.29 bits per heavy atom. The molecule has 1 aliphatic carbocycles. The topological polar surface area (TPSA) is 66.4 Å². The Balaban J connectivity index is 2.12. The fraction of sp³-hybridized carbons (Fsp3) is 0.500. The Hall–Kier alpha value is -1.17. The first-order chi connectivity index (χ1) is 9.72.